The van der Waals surface area contributed by atoms with Crippen LogP contribution in [0.3, 0.4) is 0 Å². The van der Waals surface area contributed by atoms with E-state index in [-0.39, 0.29) is 12.5 Å². The Balaban J connectivity index is 2.66. The highest BCUT2D eigenvalue weighted by molar-refractivity contribution is 5.93. The van der Waals surface area contributed by atoms with Crippen molar-refractivity contribution in [2.75, 3.05) is 13.6 Å². The van der Waals surface area contributed by atoms with E-state index in [0.29, 0.717) is 11.5 Å². The third-order valence-electron chi connectivity index (χ3n) is 2.75. The summed E-state index contributed by atoms with van der Waals surface area (Å²) < 4.78 is 1.73. The number of rotatable bonds is 6. The summed E-state index contributed by atoms with van der Waals surface area (Å²) in [6.07, 6.45) is 3.22. The molecule has 19 heavy (non-hydrogen) atoms. The first-order valence-electron chi connectivity index (χ1n) is 6.32. The molecule has 0 spiro atoms. The second-order valence-corrected chi connectivity index (χ2v) is 5.27. The molecule has 1 rings (SSSR count). The molecule has 1 N–H and O–H groups in total. The van der Waals surface area contributed by atoms with Crippen LogP contribution < -0.4 is 0 Å². The van der Waals surface area contributed by atoms with Crippen LogP contribution in [0.15, 0.2) is 12.4 Å². The molecule has 0 aliphatic rings. The van der Waals surface area contributed by atoms with Crippen LogP contribution in [-0.2, 0) is 11.3 Å². The van der Waals surface area contributed by atoms with Gasteiger partial charge in [0.25, 0.3) is 5.91 Å². The first-order valence-corrected chi connectivity index (χ1v) is 6.32. The van der Waals surface area contributed by atoms with Gasteiger partial charge in [-0.2, -0.15) is 5.10 Å². The average Bonchev–Trinajstić information content (AvgIpc) is 2.75. The first-order chi connectivity index (χ1) is 8.81. The summed E-state index contributed by atoms with van der Waals surface area (Å²) in [4.78, 5) is 24.3. The van der Waals surface area contributed by atoms with Gasteiger partial charge in [0, 0.05) is 26.3 Å². The SMILES string of the molecule is CC(C)Cn1cc(C(=O)N(C)CC(C)C(=O)O)cn1. The van der Waals surface area contributed by atoms with Crippen LogP contribution in [0.4, 0.5) is 0 Å². The van der Waals surface area contributed by atoms with Crippen molar-refractivity contribution in [3.8, 4) is 0 Å². The van der Waals surface area contributed by atoms with Crippen molar-refractivity contribution in [1.82, 2.24) is 14.7 Å². The monoisotopic (exact) mass is 267 g/mol. The summed E-state index contributed by atoms with van der Waals surface area (Å²) in [6.45, 7) is 6.66. The fourth-order valence-electron chi connectivity index (χ4n) is 1.74. The Bertz CT molecular complexity index is 454. The quantitative estimate of drug-likeness (QED) is 0.843. The van der Waals surface area contributed by atoms with E-state index in [9.17, 15) is 9.59 Å². The van der Waals surface area contributed by atoms with Crippen LogP contribution in [0.2, 0.25) is 0 Å². The van der Waals surface area contributed by atoms with E-state index in [2.05, 4.69) is 18.9 Å². The Labute approximate surface area is 113 Å². The Hall–Kier alpha value is -1.85. The van der Waals surface area contributed by atoms with Crippen molar-refractivity contribution in [3.05, 3.63) is 18.0 Å². The zero-order valence-corrected chi connectivity index (χ0v) is 11.8. The van der Waals surface area contributed by atoms with Crippen LogP contribution >= 0.6 is 0 Å². The molecule has 0 fully saturated rings. The third-order valence-corrected chi connectivity index (χ3v) is 2.75. The molecular weight excluding hydrogens is 246 g/mol. The fourth-order valence-corrected chi connectivity index (χ4v) is 1.74. The molecule has 1 amide bonds. The van der Waals surface area contributed by atoms with Crippen LogP contribution in [-0.4, -0.2) is 45.3 Å². The smallest absolute Gasteiger partial charge is 0.308 e. The number of hydrogen-bond donors (Lipinski definition) is 1. The van der Waals surface area contributed by atoms with E-state index in [1.165, 1.54) is 11.1 Å². The highest BCUT2D eigenvalue weighted by Crippen LogP contribution is 2.07. The van der Waals surface area contributed by atoms with Gasteiger partial charge in [-0.15, -0.1) is 0 Å². The summed E-state index contributed by atoms with van der Waals surface area (Å²) in [6, 6.07) is 0. The number of carboxylic acids is 1. The van der Waals surface area contributed by atoms with Crippen molar-refractivity contribution in [2.24, 2.45) is 11.8 Å². The lowest BCUT2D eigenvalue weighted by atomic mass is 10.1. The summed E-state index contributed by atoms with van der Waals surface area (Å²) in [5.74, 6) is -1.24. The molecule has 0 saturated carbocycles. The van der Waals surface area contributed by atoms with Gasteiger partial charge in [0.1, 0.15) is 0 Å². The number of amides is 1. The summed E-state index contributed by atoms with van der Waals surface area (Å²) in [5, 5.41) is 13.0. The minimum atomic E-state index is -0.907. The second kappa shape index (κ2) is 6.36. The fraction of sp³-hybridized carbons (Fsp3) is 0.615. The van der Waals surface area contributed by atoms with Gasteiger partial charge in [-0.25, -0.2) is 0 Å². The predicted molar refractivity (Wildman–Crippen MR) is 70.8 cm³/mol. The normalized spacial score (nSPS) is 12.5. The van der Waals surface area contributed by atoms with Gasteiger partial charge in [-0.3, -0.25) is 14.3 Å². The number of carbonyl (C=O) groups is 2. The summed E-state index contributed by atoms with van der Waals surface area (Å²) >= 11 is 0. The molecular formula is C13H21N3O3. The topological polar surface area (TPSA) is 75.4 Å². The summed E-state index contributed by atoms with van der Waals surface area (Å²) in [7, 11) is 1.60. The van der Waals surface area contributed by atoms with Gasteiger partial charge in [0.2, 0.25) is 0 Å². The van der Waals surface area contributed by atoms with Crippen LogP contribution in [0.25, 0.3) is 0 Å². The number of aliphatic carboxylic acids is 1. The predicted octanol–water partition coefficient (Wildman–Crippen LogP) is 1.33. The molecule has 0 aromatic carbocycles. The lowest BCUT2D eigenvalue weighted by molar-refractivity contribution is -0.141. The molecule has 0 bridgehead atoms. The van der Waals surface area contributed by atoms with Crippen molar-refractivity contribution < 1.29 is 14.7 Å². The highest BCUT2D eigenvalue weighted by atomic mass is 16.4. The first kappa shape index (κ1) is 15.2. The highest BCUT2D eigenvalue weighted by Gasteiger charge is 2.19. The maximum Gasteiger partial charge on any atom is 0.308 e. The van der Waals surface area contributed by atoms with E-state index < -0.39 is 11.9 Å². The molecule has 1 unspecified atom stereocenters. The zero-order chi connectivity index (χ0) is 14.6. The molecule has 0 aliphatic carbocycles. The van der Waals surface area contributed by atoms with E-state index in [0.717, 1.165) is 6.54 Å². The number of aromatic nitrogens is 2. The molecule has 6 heteroatoms. The number of nitrogens with zero attached hydrogens (tertiary/aromatic N) is 3. The van der Waals surface area contributed by atoms with Crippen molar-refractivity contribution in [1.29, 1.82) is 0 Å². The molecule has 6 nitrogen and oxygen atoms in total. The van der Waals surface area contributed by atoms with Crippen LogP contribution in [0, 0.1) is 11.8 Å². The lowest BCUT2D eigenvalue weighted by Gasteiger charge is -2.18. The van der Waals surface area contributed by atoms with Crippen LogP contribution in [0.5, 0.6) is 0 Å². The maximum absolute atomic E-state index is 12.1. The number of hydrogen-bond acceptors (Lipinski definition) is 3. The number of carboxylic acid groups (broad SMARTS) is 1. The van der Waals surface area contributed by atoms with Gasteiger partial charge in [-0.1, -0.05) is 20.8 Å². The van der Waals surface area contributed by atoms with E-state index in [4.69, 9.17) is 5.11 Å². The molecule has 1 atom stereocenters. The summed E-state index contributed by atoms with van der Waals surface area (Å²) in [5.41, 5.74) is 0.487. The molecule has 0 aliphatic heterocycles. The van der Waals surface area contributed by atoms with E-state index in [1.807, 2.05) is 0 Å². The largest absolute Gasteiger partial charge is 0.481 e. The van der Waals surface area contributed by atoms with Crippen molar-refractivity contribution in [2.45, 2.75) is 27.3 Å². The minimum Gasteiger partial charge on any atom is -0.481 e. The lowest BCUT2D eigenvalue weighted by Crippen LogP contribution is -2.33. The molecule has 1 heterocycles. The molecule has 106 valence electrons. The molecule has 1 aromatic rings. The molecule has 0 radical (unpaired) electrons. The Morgan fingerprint density at radius 2 is 2.05 bits per heavy atom. The third kappa shape index (κ3) is 4.39. The van der Waals surface area contributed by atoms with Crippen molar-refractivity contribution in [3.63, 3.8) is 0 Å². The van der Waals surface area contributed by atoms with Gasteiger partial charge in [-0.05, 0) is 5.92 Å². The Kier molecular flexibility index (Phi) is 5.09. The van der Waals surface area contributed by atoms with Gasteiger partial charge < -0.3 is 10.0 Å². The molecule has 0 saturated heterocycles. The van der Waals surface area contributed by atoms with Crippen LogP contribution in [0.1, 0.15) is 31.1 Å². The standard InChI is InChI=1S/C13H21N3O3/c1-9(2)6-16-8-11(5-14-16)12(17)15(4)7-10(3)13(18)19/h5,8-10H,6-7H2,1-4H3,(H,18,19). The Morgan fingerprint density at radius 3 is 2.58 bits per heavy atom. The van der Waals surface area contributed by atoms with E-state index >= 15 is 0 Å². The van der Waals surface area contributed by atoms with E-state index in [1.54, 1.807) is 24.9 Å². The van der Waals surface area contributed by atoms with Crippen molar-refractivity contribution >= 4 is 11.9 Å². The van der Waals surface area contributed by atoms with Gasteiger partial charge in [0.05, 0.1) is 17.7 Å². The molecule has 1 aromatic heterocycles. The maximum atomic E-state index is 12.1. The van der Waals surface area contributed by atoms with Gasteiger partial charge in [0.15, 0.2) is 0 Å². The average molecular weight is 267 g/mol. The second-order valence-electron chi connectivity index (χ2n) is 5.27. The van der Waals surface area contributed by atoms with Gasteiger partial charge >= 0.3 is 5.97 Å². The minimum absolute atomic E-state index is 0.184. The zero-order valence-electron chi connectivity index (χ0n) is 11.8. The number of carbonyl (C=O) groups excluding carboxylic acids is 1. The Morgan fingerprint density at radius 1 is 1.42 bits per heavy atom.